The number of hydrogen-bond acceptors (Lipinski definition) is 8. The fourth-order valence-electron chi connectivity index (χ4n) is 2.92. The third-order valence-corrected chi connectivity index (χ3v) is 6.61. The summed E-state index contributed by atoms with van der Waals surface area (Å²) in [5, 5.41) is 19.3. The number of quaternary nitrogens is 2. The zero-order valence-electron chi connectivity index (χ0n) is 19.6. The molecule has 0 atom stereocenters. The summed E-state index contributed by atoms with van der Waals surface area (Å²) in [6, 6.07) is 4.23. The van der Waals surface area contributed by atoms with E-state index in [0.29, 0.717) is 22.3 Å². The van der Waals surface area contributed by atoms with Crippen molar-refractivity contribution in [2.75, 3.05) is 41.3 Å². The van der Waals surface area contributed by atoms with Gasteiger partial charge in [0, 0.05) is 0 Å². The molecule has 4 N–H and O–H groups in total. The lowest BCUT2D eigenvalue weighted by Crippen LogP contribution is -3.14. The molecule has 186 valence electrons. The minimum absolute atomic E-state index is 0.0106. The van der Waals surface area contributed by atoms with Gasteiger partial charge in [-0.2, -0.15) is 0 Å². The summed E-state index contributed by atoms with van der Waals surface area (Å²) >= 11 is 0. The van der Waals surface area contributed by atoms with E-state index in [9.17, 15) is 36.2 Å². The maximum atomic E-state index is 11.2. The van der Waals surface area contributed by atoms with Gasteiger partial charge in [0.2, 0.25) is 0 Å². The van der Waals surface area contributed by atoms with E-state index in [1.165, 1.54) is 22.9 Å². The second kappa shape index (κ2) is 11.3. The van der Waals surface area contributed by atoms with Gasteiger partial charge >= 0.3 is 0 Å². The maximum Gasteiger partial charge on any atom is 0.133 e. The molecule has 0 heterocycles. The summed E-state index contributed by atoms with van der Waals surface area (Å²) in [7, 11) is -1.06. The molecule has 33 heavy (non-hydrogen) atoms. The molecular formula is C21H32N2O8S2. The van der Waals surface area contributed by atoms with Crippen LogP contribution in [0.5, 0.6) is 11.5 Å². The zero-order valence-corrected chi connectivity index (χ0v) is 21.2. The molecule has 2 aromatic rings. The minimum atomic E-state index is -4.90. The number of hydrogen-bond donors (Lipinski definition) is 4. The Morgan fingerprint density at radius 1 is 0.697 bits per heavy atom. The van der Waals surface area contributed by atoms with E-state index in [-0.39, 0.29) is 6.42 Å². The number of likely N-dealkylation sites (N-methyl/N-ethyl adjacent to an activating group) is 2. The number of nitrogens with one attached hydrogen (secondary N) is 2. The van der Waals surface area contributed by atoms with Gasteiger partial charge in [-0.1, -0.05) is 0 Å². The van der Waals surface area contributed by atoms with Crippen molar-refractivity contribution >= 4 is 20.2 Å². The summed E-state index contributed by atoms with van der Waals surface area (Å²) < 4.78 is 67.2. The molecule has 0 unspecified atom stereocenters. The minimum Gasteiger partial charge on any atom is -0.744 e. The van der Waals surface area contributed by atoms with Crippen molar-refractivity contribution in [3.63, 3.8) is 0 Å². The van der Waals surface area contributed by atoms with E-state index >= 15 is 0 Å². The van der Waals surface area contributed by atoms with E-state index in [2.05, 4.69) is 28.2 Å². The first-order valence-electron chi connectivity index (χ1n) is 10.1. The lowest BCUT2D eigenvalue weighted by atomic mass is 9.97. The Balaban J connectivity index is 0.000000582. The van der Waals surface area contributed by atoms with Gasteiger partial charge in [-0.05, 0) is 66.8 Å². The Morgan fingerprint density at radius 2 is 1.00 bits per heavy atom. The lowest BCUT2D eigenvalue weighted by Gasteiger charge is -2.16. The molecule has 0 spiro atoms. The fourth-order valence-corrected chi connectivity index (χ4v) is 4.12. The summed E-state index contributed by atoms with van der Waals surface area (Å²) in [6.07, 6.45) is -0.0106. The molecule has 0 aliphatic carbocycles. The van der Waals surface area contributed by atoms with Crippen molar-refractivity contribution < 1.29 is 46.0 Å². The number of rotatable bonds is 7. The Hall–Kier alpha value is -2.22. The van der Waals surface area contributed by atoms with Crippen LogP contribution in [0.1, 0.15) is 22.3 Å². The molecule has 0 saturated heterocycles. The highest BCUT2D eigenvalue weighted by Gasteiger charge is 2.16. The third-order valence-electron chi connectivity index (χ3n) is 4.88. The van der Waals surface area contributed by atoms with Gasteiger partial charge in [-0.25, -0.2) is 16.8 Å². The van der Waals surface area contributed by atoms with Crippen molar-refractivity contribution in [2.24, 2.45) is 0 Å². The largest absolute Gasteiger partial charge is 0.744 e. The molecule has 0 amide bonds. The average molecular weight is 505 g/mol. The molecule has 10 nitrogen and oxygen atoms in total. The summed E-state index contributed by atoms with van der Waals surface area (Å²) in [6.45, 7) is 5.67. The van der Waals surface area contributed by atoms with Crippen LogP contribution < -0.4 is 9.80 Å². The van der Waals surface area contributed by atoms with Crippen molar-refractivity contribution in [3.05, 3.63) is 46.5 Å². The molecule has 0 aromatic heterocycles. The van der Waals surface area contributed by atoms with Gasteiger partial charge in [0.05, 0.1) is 38.0 Å². The smallest absolute Gasteiger partial charge is 0.133 e. The van der Waals surface area contributed by atoms with E-state index in [4.69, 9.17) is 0 Å². The molecule has 0 saturated carbocycles. The van der Waals surface area contributed by atoms with E-state index in [1.807, 2.05) is 0 Å². The molecule has 0 aliphatic heterocycles. The molecular weight excluding hydrogens is 472 g/mol. The van der Waals surface area contributed by atoms with Crippen molar-refractivity contribution in [2.45, 2.75) is 30.1 Å². The van der Waals surface area contributed by atoms with E-state index in [0.717, 1.165) is 24.3 Å². The highest BCUT2D eigenvalue weighted by atomic mass is 32.2. The van der Waals surface area contributed by atoms with Crippen LogP contribution in [-0.2, 0) is 26.7 Å². The Morgan fingerprint density at radius 3 is 1.24 bits per heavy atom. The maximum absolute atomic E-state index is 11.2. The highest BCUT2D eigenvalue weighted by Crippen LogP contribution is 2.31. The van der Waals surface area contributed by atoms with Crippen LogP contribution in [0.4, 0.5) is 0 Å². The highest BCUT2D eigenvalue weighted by molar-refractivity contribution is 7.86. The fraction of sp³-hybridized carbons (Fsp3) is 0.429. The predicted octanol–water partition coefficient (Wildman–Crippen LogP) is -1.61. The van der Waals surface area contributed by atoms with Crippen molar-refractivity contribution in [1.29, 1.82) is 0 Å². The van der Waals surface area contributed by atoms with Crippen LogP contribution in [0.3, 0.4) is 0 Å². The van der Waals surface area contributed by atoms with Crippen molar-refractivity contribution in [3.8, 4) is 11.5 Å². The Kier molecular flexibility index (Phi) is 9.84. The number of benzene rings is 2. The van der Waals surface area contributed by atoms with Crippen LogP contribution in [0.15, 0.2) is 34.1 Å². The third kappa shape index (κ3) is 8.91. The first kappa shape index (κ1) is 28.8. The van der Waals surface area contributed by atoms with Crippen LogP contribution in [-0.4, -0.2) is 77.4 Å². The van der Waals surface area contributed by atoms with Gasteiger partial charge in [-0.3, -0.25) is 0 Å². The van der Waals surface area contributed by atoms with Gasteiger partial charge in [0.15, 0.2) is 0 Å². The molecule has 12 heteroatoms. The number of aromatic hydroxyl groups is 2. The second-order valence-electron chi connectivity index (χ2n) is 8.49. The molecule has 0 radical (unpaired) electrons. The SMILES string of the molecule is C[NH+](C)CC[NH+](C)C.Cc1cc(O)c(S(=O)(=O)[O-])cc1Cc1cc(S(=O)(=O)[O-])c(O)cc1C. The standard InChI is InChI=1S/C15H16O8S2.C6H16N2/c1-8-3-12(16)14(24(18,19)20)6-10(8)5-11-7-15(25(21,22)23)13(17)4-9(11)2;1-7(2)5-6-8(3)4/h3-4,6-7,16-17H,5H2,1-2H3,(H,18,19,20)(H,21,22,23);5-6H2,1-4H3. The molecule has 0 aliphatic rings. The van der Waals surface area contributed by atoms with Crippen LogP contribution in [0, 0.1) is 13.8 Å². The Bertz CT molecular complexity index is 1100. The number of aryl methyl sites for hydroxylation is 2. The molecule has 2 aromatic carbocycles. The quantitative estimate of drug-likeness (QED) is 0.327. The van der Waals surface area contributed by atoms with E-state index < -0.39 is 41.5 Å². The first-order chi connectivity index (χ1) is 14.9. The normalized spacial score (nSPS) is 12.1. The Labute approximate surface area is 195 Å². The average Bonchev–Trinajstić information content (AvgIpc) is 2.62. The topological polar surface area (TPSA) is 164 Å². The summed E-state index contributed by atoms with van der Waals surface area (Å²) in [5.74, 6) is -1.36. The van der Waals surface area contributed by atoms with Crippen LogP contribution in [0.25, 0.3) is 0 Å². The van der Waals surface area contributed by atoms with Crippen LogP contribution >= 0.6 is 0 Å². The zero-order chi connectivity index (χ0) is 25.7. The summed E-state index contributed by atoms with van der Waals surface area (Å²) in [4.78, 5) is 1.49. The van der Waals surface area contributed by atoms with Gasteiger partial charge in [0.25, 0.3) is 0 Å². The van der Waals surface area contributed by atoms with Crippen molar-refractivity contribution in [1.82, 2.24) is 0 Å². The molecule has 2 rings (SSSR count). The lowest BCUT2D eigenvalue weighted by molar-refractivity contribution is -0.918. The first-order valence-corrected chi connectivity index (χ1v) is 12.9. The van der Waals surface area contributed by atoms with Crippen LogP contribution in [0.2, 0.25) is 0 Å². The second-order valence-corrected chi connectivity index (χ2v) is 11.2. The van der Waals surface area contributed by atoms with E-state index in [1.54, 1.807) is 13.8 Å². The molecule has 0 bridgehead atoms. The van der Waals surface area contributed by atoms with Gasteiger partial charge in [-0.15, -0.1) is 0 Å². The predicted molar refractivity (Wildman–Crippen MR) is 120 cm³/mol. The summed E-state index contributed by atoms with van der Waals surface area (Å²) in [5.41, 5.74) is 1.61. The monoisotopic (exact) mass is 504 g/mol. The number of phenols is 2. The molecule has 0 fully saturated rings. The number of phenolic OH excluding ortho intramolecular Hbond substituents is 2. The van der Waals surface area contributed by atoms with Gasteiger partial charge < -0.3 is 29.1 Å². The van der Waals surface area contributed by atoms with Gasteiger partial charge in [0.1, 0.15) is 44.8 Å².